The van der Waals surface area contributed by atoms with Crippen molar-refractivity contribution in [2.45, 2.75) is 31.7 Å². The van der Waals surface area contributed by atoms with Gasteiger partial charge in [0.15, 0.2) is 0 Å². The van der Waals surface area contributed by atoms with Crippen LogP contribution >= 0.6 is 0 Å². The maximum atomic E-state index is 11.6. The van der Waals surface area contributed by atoms with E-state index in [-0.39, 0.29) is 6.42 Å². The van der Waals surface area contributed by atoms with Crippen LogP contribution in [0.4, 0.5) is 4.79 Å². The van der Waals surface area contributed by atoms with Crippen molar-refractivity contribution in [2.24, 2.45) is 5.92 Å². The fourth-order valence-electron chi connectivity index (χ4n) is 1.96. The van der Waals surface area contributed by atoms with Crippen molar-refractivity contribution < 1.29 is 14.7 Å². The molecule has 2 rings (SSSR count). The summed E-state index contributed by atoms with van der Waals surface area (Å²) >= 11 is 0. The molecule has 4 N–H and O–H groups in total. The molecule has 1 aliphatic carbocycles. The number of nitrogens with one attached hydrogen (secondary N) is 3. The Bertz CT molecular complexity index is 428. The van der Waals surface area contributed by atoms with Gasteiger partial charge in [0, 0.05) is 24.9 Å². The number of H-pyrrole nitrogens is 1. The number of carbonyl (C=O) groups excluding carboxylic acids is 1. The van der Waals surface area contributed by atoms with Gasteiger partial charge in [-0.2, -0.15) is 0 Å². The second-order valence-corrected chi connectivity index (χ2v) is 4.82. The minimum absolute atomic E-state index is 0.187. The van der Waals surface area contributed by atoms with Gasteiger partial charge in [0.2, 0.25) is 0 Å². The van der Waals surface area contributed by atoms with Gasteiger partial charge in [0.25, 0.3) is 0 Å². The molecule has 1 aromatic heterocycles. The van der Waals surface area contributed by atoms with Crippen molar-refractivity contribution in [2.75, 3.05) is 6.54 Å². The topological polar surface area (TPSA) is 107 Å². The largest absolute Gasteiger partial charge is 0.480 e. The maximum Gasteiger partial charge on any atom is 0.326 e. The Hall–Kier alpha value is -2.05. The first kappa shape index (κ1) is 13.4. The molecule has 0 bridgehead atoms. The second kappa shape index (κ2) is 6.21. The van der Waals surface area contributed by atoms with Gasteiger partial charge in [-0.25, -0.2) is 14.6 Å². The first-order valence-electron chi connectivity index (χ1n) is 6.39. The number of urea groups is 1. The summed E-state index contributed by atoms with van der Waals surface area (Å²) in [6, 6.07) is -1.39. The lowest BCUT2D eigenvalue weighted by Gasteiger charge is -2.25. The van der Waals surface area contributed by atoms with Crippen LogP contribution in [0.15, 0.2) is 12.5 Å². The van der Waals surface area contributed by atoms with Crippen molar-refractivity contribution in [1.82, 2.24) is 20.6 Å². The Morgan fingerprint density at radius 1 is 1.53 bits per heavy atom. The summed E-state index contributed by atoms with van der Waals surface area (Å²) in [4.78, 5) is 29.3. The molecule has 1 heterocycles. The molecule has 0 aliphatic heterocycles. The lowest BCUT2D eigenvalue weighted by Crippen LogP contribution is -2.48. The Morgan fingerprint density at radius 3 is 2.84 bits per heavy atom. The van der Waals surface area contributed by atoms with Crippen LogP contribution in [-0.4, -0.2) is 39.7 Å². The minimum atomic E-state index is -1.06. The Labute approximate surface area is 110 Å². The van der Waals surface area contributed by atoms with Gasteiger partial charge in [-0.15, -0.1) is 0 Å². The zero-order chi connectivity index (χ0) is 13.7. The van der Waals surface area contributed by atoms with Gasteiger partial charge in [0.1, 0.15) is 6.04 Å². The van der Waals surface area contributed by atoms with Crippen LogP contribution in [0.2, 0.25) is 0 Å². The predicted octanol–water partition coefficient (Wildman–Crippen LogP) is 0.505. The number of rotatable bonds is 6. The van der Waals surface area contributed by atoms with E-state index in [4.69, 9.17) is 5.11 Å². The molecule has 2 amide bonds. The molecule has 7 nitrogen and oxygen atoms in total. The number of aromatic nitrogens is 2. The molecule has 0 spiro atoms. The molecule has 1 fully saturated rings. The van der Waals surface area contributed by atoms with E-state index in [9.17, 15) is 9.59 Å². The highest BCUT2D eigenvalue weighted by Crippen LogP contribution is 2.24. The molecule has 1 aromatic rings. The number of aromatic amines is 1. The molecular weight excluding hydrogens is 248 g/mol. The number of aliphatic carboxylic acids is 1. The molecule has 19 heavy (non-hydrogen) atoms. The number of carboxylic acid groups (broad SMARTS) is 1. The molecule has 0 saturated heterocycles. The Kier molecular flexibility index (Phi) is 4.38. The third-order valence-electron chi connectivity index (χ3n) is 3.36. The highest BCUT2D eigenvalue weighted by atomic mass is 16.4. The van der Waals surface area contributed by atoms with Gasteiger partial charge in [-0.3, -0.25) is 0 Å². The van der Waals surface area contributed by atoms with Gasteiger partial charge in [-0.1, -0.05) is 6.42 Å². The lowest BCUT2D eigenvalue weighted by molar-refractivity contribution is -0.139. The van der Waals surface area contributed by atoms with Crippen molar-refractivity contribution in [3.63, 3.8) is 0 Å². The van der Waals surface area contributed by atoms with E-state index in [0.29, 0.717) is 18.2 Å². The molecule has 0 unspecified atom stereocenters. The number of hydrogen-bond donors (Lipinski definition) is 4. The highest BCUT2D eigenvalue weighted by molar-refractivity contribution is 5.82. The second-order valence-electron chi connectivity index (χ2n) is 4.82. The smallest absolute Gasteiger partial charge is 0.326 e. The van der Waals surface area contributed by atoms with Crippen LogP contribution in [-0.2, 0) is 11.2 Å². The number of amides is 2. The summed E-state index contributed by atoms with van der Waals surface area (Å²) in [6.07, 6.45) is 6.69. The molecule has 104 valence electrons. The zero-order valence-corrected chi connectivity index (χ0v) is 10.6. The van der Waals surface area contributed by atoms with Crippen molar-refractivity contribution in [1.29, 1.82) is 0 Å². The van der Waals surface area contributed by atoms with E-state index < -0.39 is 18.0 Å². The maximum absolute atomic E-state index is 11.6. The molecule has 7 heteroatoms. The van der Waals surface area contributed by atoms with Crippen molar-refractivity contribution in [3.8, 4) is 0 Å². The van der Waals surface area contributed by atoms with Crippen LogP contribution in [0.3, 0.4) is 0 Å². The number of nitrogens with zero attached hydrogens (tertiary/aromatic N) is 1. The van der Waals surface area contributed by atoms with Gasteiger partial charge in [0.05, 0.1) is 6.33 Å². The van der Waals surface area contributed by atoms with E-state index in [1.54, 1.807) is 6.20 Å². The molecule has 1 aliphatic rings. The minimum Gasteiger partial charge on any atom is -0.480 e. The van der Waals surface area contributed by atoms with Crippen molar-refractivity contribution >= 4 is 12.0 Å². The number of imidazole rings is 1. The fourth-order valence-corrected chi connectivity index (χ4v) is 1.96. The third-order valence-corrected chi connectivity index (χ3v) is 3.36. The lowest BCUT2D eigenvalue weighted by atomic mass is 9.85. The average Bonchev–Trinajstić information content (AvgIpc) is 2.78. The zero-order valence-electron chi connectivity index (χ0n) is 10.6. The van der Waals surface area contributed by atoms with E-state index in [1.165, 1.54) is 12.7 Å². The quantitative estimate of drug-likeness (QED) is 0.601. The number of carboxylic acids is 1. The normalized spacial score (nSPS) is 16.4. The summed E-state index contributed by atoms with van der Waals surface area (Å²) < 4.78 is 0. The number of hydrogen-bond acceptors (Lipinski definition) is 3. The van der Waals surface area contributed by atoms with Gasteiger partial charge < -0.3 is 20.7 Å². The first-order valence-corrected chi connectivity index (χ1v) is 6.39. The van der Waals surface area contributed by atoms with Gasteiger partial charge in [-0.05, 0) is 18.8 Å². The van der Waals surface area contributed by atoms with Crippen LogP contribution in [0.5, 0.6) is 0 Å². The molecule has 0 radical (unpaired) electrons. The van der Waals surface area contributed by atoms with Crippen LogP contribution in [0, 0.1) is 5.92 Å². The summed E-state index contributed by atoms with van der Waals surface area (Å²) in [5.74, 6) is -0.518. The fraction of sp³-hybridized carbons (Fsp3) is 0.583. The monoisotopic (exact) mass is 266 g/mol. The Morgan fingerprint density at radius 2 is 2.32 bits per heavy atom. The highest BCUT2D eigenvalue weighted by Gasteiger charge is 2.22. The molecule has 1 saturated carbocycles. The summed E-state index contributed by atoms with van der Waals surface area (Å²) in [5.41, 5.74) is 0.673. The predicted molar refractivity (Wildman–Crippen MR) is 67.6 cm³/mol. The van der Waals surface area contributed by atoms with Crippen LogP contribution in [0.1, 0.15) is 25.0 Å². The summed E-state index contributed by atoms with van der Waals surface area (Å²) in [7, 11) is 0. The van der Waals surface area contributed by atoms with E-state index >= 15 is 0 Å². The van der Waals surface area contributed by atoms with Crippen LogP contribution < -0.4 is 10.6 Å². The number of carbonyl (C=O) groups is 2. The summed E-state index contributed by atoms with van der Waals surface area (Å²) in [5, 5.41) is 14.3. The molecule has 1 atom stereocenters. The van der Waals surface area contributed by atoms with E-state index in [2.05, 4.69) is 20.6 Å². The molecular formula is C12H18N4O3. The van der Waals surface area contributed by atoms with E-state index in [1.807, 2.05) is 0 Å². The Balaban J connectivity index is 1.78. The van der Waals surface area contributed by atoms with Gasteiger partial charge >= 0.3 is 12.0 Å². The van der Waals surface area contributed by atoms with Crippen LogP contribution in [0.25, 0.3) is 0 Å². The first-order chi connectivity index (χ1) is 9.15. The van der Waals surface area contributed by atoms with E-state index in [0.717, 1.165) is 12.8 Å². The molecule has 0 aromatic carbocycles. The SMILES string of the molecule is O=C(NCC1CCC1)N[C@@H](Cc1cnc[nH]1)C(=O)O. The average molecular weight is 266 g/mol. The van der Waals surface area contributed by atoms with Crippen molar-refractivity contribution in [3.05, 3.63) is 18.2 Å². The standard InChI is InChI=1S/C12H18N4O3/c17-11(18)10(4-9-6-13-7-15-9)16-12(19)14-5-8-2-1-3-8/h6-8,10H,1-5H2,(H,13,15)(H,17,18)(H2,14,16,19)/t10-/m0/s1. The third kappa shape index (κ3) is 3.97. The summed E-state index contributed by atoms with van der Waals surface area (Å²) in [6.45, 7) is 0.613.